The van der Waals surface area contributed by atoms with E-state index in [1.807, 2.05) is 12.1 Å². The van der Waals surface area contributed by atoms with Gasteiger partial charge in [0.15, 0.2) is 0 Å². The van der Waals surface area contributed by atoms with E-state index >= 15 is 0 Å². The molecule has 0 atom stereocenters. The Morgan fingerprint density at radius 2 is 1.91 bits per heavy atom. The molecular weight excluding hydrogens is 324 g/mol. The minimum atomic E-state index is 0.0000226. The Hall–Kier alpha value is -1.07. The summed E-state index contributed by atoms with van der Waals surface area (Å²) >= 11 is 6.92. The van der Waals surface area contributed by atoms with Crippen LogP contribution in [-0.4, -0.2) is 34.0 Å². The first kappa shape index (κ1) is 18.3. The number of thioether (sulfide) groups is 1. The van der Waals surface area contributed by atoms with Crippen molar-refractivity contribution in [1.82, 2.24) is 4.90 Å². The number of benzene rings is 1. The molecule has 3 nitrogen and oxygen atoms in total. The van der Waals surface area contributed by atoms with Gasteiger partial charge in [-0.25, -0.2) is 0 Å². The number of nitrogens with zero attached hydrogens (tertiary/aromatic N) is 1. The Kier molecular flexibility index (Phi) is 6.90. The summed E-state index contributed by atoms with van der Waals surface area (Å²) in [6.45, 7) is 8.64. The largest absolute Gasteiger partial charge is 0.357 e. The number of amides is 1. The molecule has 1 aromatic rings. The van der Waals surface area contributed by atoms with Crippen molar-refractivity contribution in [3.8, 4) is 0 Å². The van der Waals surface area contributed by atoms with Gasteiger partial charge in [0.2, 0.25) is 5.91 Å². The minimum absolute atomic E-state index is 0.0000226. The van der Waals surface area contributed by atoms with Gasteiger partial charge in [-0.1, -0.05) is 56.9 Å². The van der Waals surface area contributed by atoms with E-state index in [1.165, 1.54) is 30.2 Å². The lowest BCUT2D eigenvalue weighted by atomic mass is 10.00. The standard InChI is InChI=1S/C18H26N2OS2/c1-13(2)15-4-6-16(7-5-15)19-17(21)12-23-18(22)20-10-8-14(3)9-11-20/h4-7,13-14H,8-12H2,1-3H3,(H,19,21). The number of carbonyl (C=O) groups excluding carboxylic acids is 1. The van der Waals surface area contributed by atoms with E-state index in [4.69, 9.17) is 12.2 Å². The van der Waals surface area contributed by atoms with Crippen molar-refractivity contribution in [2.45, 2.75) is 39.5 Å². The maximum Gasteiger partial charge on any atom is 0.234 e. The second-order valence-electron chi connectivity index (χ2n) is 6.55. The quantitative estimate of drug-likeness (QED) is 0.811. The third-order valence-electron chi connectivity index (χ3n) is 4.23. The van der Waals surface area contributed by atoms with Crippen molar-refractivity contribution in [3.63, 3.8) is 0 Å². The number of hydrogen-bond acceptors (Lipinski definition) is 3. The topological polar surface area (TPSA) is 32.3 Å². The van der Waals surface area contributed by atoms with Crippen molar-refractivity contribution < 1.29 is 4.79 Å². The first-order chi connectivity index (χ1) is 11.0. The normalized spacial score (nSPS) is 15.7. The van der Waals surface area contributed by atoms with E-state index in [0.29, 0.717) is 11.7 Å². The summed E-state index contributed by atoms with van der Waals surface area (Å²) in [6.07, 6.45) is 2.38. The Morgan fingerprint density at radius 1 is 1.30 bits per heavy atom. The summed E-state index contributed by atoms with van der Waals surface area (Å²) in [5, 5.41) is 2.94. The van der Waals surface area contributed by atoms with Crippen molar-refractivity contribution in [2.24, 2.45) is 5.92 Å². The van der Waals surface area contributed by atoms with Gasteiger partial charge in [-0.2, -0.15) is 0 Å². The van der Waals surface area contributed by atoms with Crippen molar-refractivity contribution in [3.05, 3.63) is 29.8 Å². The van der Waals surface area contributed by atoms with Crippen LogP contribution in [0.3, 0.4) is 0 Å². The number of hydrogen-bond donors (Lipinski definition) is 1. The number of carbonyl (C=O) groups is 1. The molecule has 1 aromatic carbocycles. The highest BCUT2D eigenvalue weighted by molar-refractivity contribution is 8.23. The lowest BCUT2D eigenvalue weighted by Gasteiger charge is -2.31. The summed E-state index contributed by atoms with van der Waals surface area (Å²) in [5.41, 5.74) is 2.12. The van der Waals surface area contributed by atoms with Crippen LogP contribution in [-0.2, 0) is 4.79 Å². The first-order valence-corrected chi connectivity index (χ1v) is 9.66. The SMILES string of the molecule is CC1CCN(C(=S)SCC(=O)Nc2ccc(C(C)C)cc2)CC1. The molecule has 1 N–H and O–H groups in total. The van der Waals surface area contributed by atoms with Gasteiger partial charge in [-0.3, -0.25) is 4.79 Å². The number of rotatable bonds is 4. The van der Waals surface area contributed by atoms with Crippen LogP contribution in [0.2, 0.25) is 0 Å². The monoisotopic (exact) mass is 350 g/mol. The summed E-state index contributed by atoms with van der Waals surface area (Å²) in [6, 6.07) is 8.05. The minimum Gasteiger partial charge on any atom is -0.357 e. The average molecular weight is 351 g/mol. The zero-order chi connectivity index (χ0) is 16.8. The molecule has 1 fully saturated rings. The van der Waals surface area contributed by atoms with Crippen molar-refractivity contribution in [2.75, 3.05) is 24.2 Å². The molecule has 5 heteroatoms. The van der Waals surface area contributed by atoms with Gasteiger partial charge in [0.05, 0.1) is 5.75 Å². The second-order valence-corrected chi connectivity index (χ2v) is 8.16. The fourth-order valence-electron chi connectivity index (χ4n) is 2.56. The van der Waals surface area contributed by atoms with Crippen LogP contribution in [0, 0.1) is 5.92 Å². The number of nitrogens with one attached hydrogen (secondary N) is 1. The first-order valence-electron chi connectivity index (χ1n) is 8.27. The molecule has 0 aliphatic carbocycles. The Labute approximate surface area is 149 Å². The maximum atomic E-state index is 12.1. The Morgan fingerprint density at radius 3 is 2.48 bits per heavy atom. The lowest BCUT2D eigenvalue weighted by Crippen LogP contribution is -2.36. The van der Waals surface area contributed by atoms with Gasteiger partial charge >= 0.3 is 0 Å². The van der Waals surface area contributed by atoms with Gasteiger partial charge < -0.3 is 10.2 Å². The smallest absolute Gasteiger partial charge is 0.234 e. The summed E-state index contributed by atoms with van der Waals surface area (Å²) in [4.78, 5) is 14.3. The molecule has 1 amide bonds. The van der Waals surface area contributed by atoms with Gasteiger partial charge in [0.25, 0.3) is 0 Å². The number of thiocarbonyl (C=S) groups is 1. The lowest BCUT2D eigenvalue weighted by molar-refractivity contribution is -0.113. The van der Waals surface area contributed by atoms with Crippen LogP contribution in [0.25, 0.3) is 0 Å². The summed E-state index contributed by atoms with van der Waals surface area (Å²) < 4.78 is 0.849. The molecule has 0 bridgehead atoms. The molecule has 0 spiro atoms. The fraction of sp³-hybridized carbons (Fsp3) is 0.556. The molecule has 1 saturated heterocycles. The fourth-order valence-corrected chi connectivity index (χ4v) is 3.61. The van der Waals surface area contributed by atoms with E-state index in [2.05, 4.69) is 43.1 Å². The molecule has 0 aromatic heterocycles. The Balaban J connectivity index is 1.75. The van der Waals surface area contributed by atoms with Crippen molar-refractivity contribution >= 4 is 39.9 Å². The van der Waals surface area contributed by atoms with Gasteiger partial charge in [0, 0.05) is 18.8 Å². The third kappa shape index (κ3) is 5.81. The number of anilines is 1. The molecule has 0 saturated carbocycles. The van der Waals surface area contributed by atoms with Crippen LogP contribution in [0.4, 0.5) is 5.69 Å². The van der Waals surface area contributed by atoms with Gasteiger partial charge in [-0.15, -0.1) is 0 Å². The highest BCUT2D eigenvalue weighted by Gasteiger charge is 2.18. The van der Waals surface area contributed by atoms with E-state index in [1.54, 1.807) is 0 Å². The predicted molar refractivity (Wildman–Crippen MR) is 104 cm³/mol. The maximum absolute atomic E-state index is 12.1. The van der Waals surface area contributed by atoms with E-state index in [0.717, 1.165) is 29.0 Å². The molecule has 23 heavy (non-hydrogen) atoms. The molecule has 126 valence electrons. The van der Waals surface area contributed by atoms with E-state index < -0.39 is 0 Å². The van der Waals surface area contributed by atoms with Crippen molar-refractivity contribution in [1.29, 1.82) is 0 Å². The molecule has 0 unspecified atom stereocenters. The summed E-state index contributed by atoms with van der Waals surface area (Å²) in [5.74, 6) is 1.66. The highest BCUT2D eigenvalue weighted by atomic mass is 32.2. The molecular formula is C18H26N2OS2. The van der Waals surface area contributed by atoms with E-state index in [9.17, 15) is 4.79 Å². The van der Waals surface area contributed by atoms with Gasteiger partial charge in [0.1, 0.15) is 4.32 Å². The molecule has 1 heterocycles. The molecule has 0 radical (unpaired) electrons. The van der Waals surface area contributed by atoms with Gasteiger partial charge in [-0.05, 0) is 42.4 Å². The number of likely N-dealkylation sites (tertiary alicyclic amines) is 1. The van der Waals surface area contributed by atoms with Crippen LogP contribution < -0.4 is 5.32 Å². The predicted octanol–water partition coefficient (Wildman–Crippen LogP) is 4.50. The summed E-state index contributed by atoms with van der Waals surface area (Å²) in [7, 11) is 0. The molecule has 2 rings (SSSR count). The highest BCUT2D eigenvalue weighted by Crippen LogP contribution is 2.21. The van der Waals surface area contributed by atoms with E-state index in [-0.39, 0.29) is 5.91 Å². The zero-order valence-corrected chi connectivity index (χ0v) is 15.8. The molecule has 1 aliphatic heterocycles. The van der Waals surface area contributed by atoms with Crippen LogP contribution in [0.5, 0.6) is 0 Å². The average Bonchev–Trinajstić information content (AvgIpc) is 2.54. The number of piperidine rings is 1. The molecule has 1 aliphatic rings. The van der Waals surface area contributed by atoms with Crippen LogP contribution in [0.1, 0.15) is 45.1 Å². The zero-order valence-electron chi connectivity index (χ0n) is 14.2. The van der Waals surface area contributed by atoms with Crippen LogP contribution in [0.15, 0.2) is 24.3 Å². The van der Waals surface area contributed by atoms with Crippen LogP contribution >= 0.6 is 24.0 Å². The second kappa shape index (κ2) is 8.69. The Bertz CT molecular complexity index is 534. The third-order valence-corrected chi connectivity index (χ3v) is 5.75.